The zero-order valence-electron chi connectivity index (χ0n) is 21.6. The summed E-state index contributed by atoms with van der Waals surface area (Å²) >= 11 is 1.25. The number of amides is 1. The molecule has 2 aliphatic carbocycles. The van der Waals surface area contributed by atoms with E-state index >= 15 is 0 Å². The lowest BCUT2D eigenvalue weighted by molar-refractivity contribution is -0.155. The fourth-order valence-electron chi connectivity index (χ4n) is 6.17. The standard InChI is InChI=1S/C31H24F3N3O3S/c32-31(33,34)20-4-6-22(7-5-20)41-25-16-36-27-23(18-3-1-2-17(10-18)15-35)8-9-24(26(25)27)28(38)37-21-13-30(14-21)11-19(12-30)29(39)40/h1-10,16,19,21,36H,11-14H2,(H,37,38)(H,39,40). The van der Waals surface area contributed by atoms with E-state index in [9.17, 15) is 33.1 Å². The number of H-pyrrole nitrogens is 1. The molecule has 0 unspecified atom stereocenters. The number of hydrogen-bond donors (Lipinski definition) is 3. The number of carboxylic acid groups (broad SMARTS) is 1. The molecule has 41 heavy (non-hydrogen) atoms. The highest BCUT2D eigenvalue weighted by molar-refractivity contribution is 7.99. The van der Waals surface area contributed by atoms with Gasteiger partial charge in [0.1, 0.15) is 0 Å². The molecule has 2 aliphatic rings. The Balaban J connectivity index is 1.32. The SMILES string of the molecule is N#Cc1cccc(-c2ccc(C(=O)NC3CC4(C3)CC(C(=O)O)C4)c3c(Sc4ccc(C(F)(F)F)cc4)c[nH]c23)c1. The van der Waals surface area contributed by atoms with Gasteiger partial charge in [0.05, 0.1) is 28.6 Å². The smallest absolute Gasteiger partial charge is 0.416 e. The number of nitriles is 1. The van der Waals surface area contributed by atoms with Gasteiger partial charge in [-0.3, -0.25) is 9.59 Å². The summed E-state index contributed by atoms with van der Waals surface area (Å²) in [6, 6.07) is 17.6. The van der Waals surface area contributed by atoms with E-state index in [0.717, 1.165) is 36.1 Å². The highest BCUT2D eigenvalue weighted by Crippen LogP contribution is 2.58. The number of rotatable bonds is 6. The summed E-state index contributed by atoms with van der Waals surface area (Å²) in [5.41, 5.74) is 2.43. The molecule has 1 amide bonds. The van der Waals surface area contributed by atoms with Crippen LogP contribution >= 0.6 is 11.8 Å². The molecule has 1 aromatic heterocycles. The molecule has 3 aromatic carbocycles. The maximum atomic E-state index is 13.6. The molecule has 0 bridgehead atoms. The van der Waals surface area contributed by atoms with Gasteiger partial charge in [0, 0.05) is 38.5 Å². The summed E-state index contributed by atoms with van der Waals surface area (Å²) in [5.74, 6) is -1.34. The lowest BCUT2D eigenvalue weighted by Crippen LogP contribution is -2.57. The topological polar surface area (TPSA) is 106 Å². The number of nitrogens with one attached hydrogen (secondary N) is 2. The zero-order chi connectivity index (χ0) is 28.9. The van der Waals surface area contributed by atoms with E-state index in [2.05, 4.69) is 16.4 Å². The molecule has 0 saturated heterocycles. The number of carbonyl (C=O) groups excluding carboxylic acids is 1. The van der Waals surface area contributed by atoms with Gasteiger partial charge >= 0.3 is 12.1 Å². The van der Waals surface area contributed by atoms with Gasteiger partial charge < -0.3 is 15.4 Å². The molecule has 1 heterocycles. The number of aliphatic carboxylic acids is 1. The van der Waals surface area contributed by atoms with Crippen molar-refractivity contribution in [3.8, 4) is 17.2 Å². The van der Waals surface area contributed by atoms with Gasteiger partial charge in [0.2, 0.25) is 0 Å². The molecule has 6 rings (SSSR count). The maximum Gasteiger partial charge on any atom is 0.416 e. The number of aromatic nitrogens is 1. The first-order valence-electron chi connectivity index (χ1n) is 13.1. The summed E-state index contributed by atoms with van der Waals surface area (Å²) in [7, 11) is 0. The largest absolute Gasteiger partial charge is 0.481 e. The minimum absolute atomic E-state index is 0.00359. The van der Waals surface area contributed by atoms with E-state index < -0.39 is 17.7 Å². The molecule has 2 fully saturated rings. The van der Waals surface area contributed by atoms with E-state index in [0.29, 0.717) is 44.7 Å². The van der Waals surface area contributed by atoms with Gasteiger partial charge in [-0.15, -0.1) is 0 Å². The first-order chi connectivity index (χ1) is 19.5. The van der Waals surface area contributed by atoms with Crippen LogP contribution in [0.3, 0.4) is 0 Å². The Morgan fingerprint density at radius 3 is 2.44 bits per heavy atom. The average molecular weight is 576 g/mol. The van der Waals surface area contributed by atoms with Gasteiger partial charge in [0.25, 0.3) is 5.91 Å². The van der Waals surface area contributed by atoms with Crippen molar-refractivity contribution in [2.45, 2.75) is 47.7 Å². The van der Waals surface area contributed by atoms with E-state index in [4.69, 9.17) is 0 Å². The van der Waals surface area contributed by atoms with Crippen LogP contribution in [0.4, 0.5) is 13.2 Å². The summed E-state index contributed by atoms with van der Waals surface area (Å²) in [6.45, 7) is 0. The summed E-state index contributed by atoms with van der Waals surface area (Å²) in [6.07, 6.45) is 0.0641. The summed E-state index contributed by atoms with van der Waals surface area (Å²) in [5, 5.41) is 22.3. The third-order valence-electron chi connectivity index (χ3n) is 8.16. The van der Waals surface area contributed by atoms with Crippen molar-refractivity contribution in [2.24, 2.45) is 11.3 Å². The van der Waals surface area contributed by atoms with Crippen LogP contribution in [0.2, 0.25) is 0 Å². The molecule has 10 heteroatoms. The van der Waals surface area contributed by atoms with Gasteiger partial charge in [0.15, 0.2) is 0 Å². The van der Waals surface area contributed by atoms with E-state index in [-0.39, 0.29) is 23.3 Å². The number of alkyl halides is 3. The molecule has 0 aliphatic heterocycles. The van der Waals surface area contributed by atoms with Crippen molar-refractivity contribution in [1.82, 2.24) is 10.3 Å². The molecule has 1 spiro atoms. The van der Waals surface area contributed by atoms with Gasteiger partial charge in [-0.05, 0) is 79.1 Å². The van der Waals surface area contributed by atoms with E-state index in [1.165, 1.54) is 23.9 Å². The number of carbonyl (C=O) groups is 2. The predicted octanol–water partition coefficient (Wildman–Crippen LogP) is 7.25. The number of carboxylic acids is 1. The quantitative estimate of drug-likeness (QED) is 0.225. The minimum Gasteiger partial charge on any atom is -0.481 e. The van der Waals surface area contributed by atoms with Crippen molar-refractivity contribution in [3.05, 3.63) is 83.6 Å². The Morgan fingerprint density at radius 2 is 1.78 bits per heavy atom. The van der Waals surface area contributed by atoms with Crippen molar-refractivity contribution in [1.29, 1.82) is 5.26 Å². The highest BCUT2D eigenvalue weighted by Gasteiger charge is 2.55. The maximum absolute atomic E-state index is 13.6. The van der Waals surface area contributed by atoms with Crippen LogP contribution in [0, 0.1) is 22.7 Å². The molecule has 208 valence electrons. The van der Waals surface area contributed by atoms with E-state index in [1.807, 2.05) is 12.1 Å². The fourth-order valence-corrected chi connectivity index (χ4v) is 7.13. The van der Waals surface area contributed by atoms with Crippen LogP contribution in [0.15, 0.2) is 76.7 Å². The Bertz CT molecular complexity index is 1710. The van der Waals surface area contributed by atoms with Gasteiger partial charge in [-0.25, -0.2) is 0 Å². The van der Waals surface area contributed by atoms with Crippen molar-refractivity contribution < 1.29 is 27.9 Å². The summed E-state index contributed by atoms with van der Waals surface area (Å²) < 4.78 is 39.2. The summed E-state index contributed by atoms with van der Waals surface area (Å²) in [4.78, 5) is 29.3. The fraction of sp³-hybridized carbons (Fsp3) is 0.258. The minimum atomic E-state index is -4.43. The predicted molar refractivity (Wildman–Crippen MR) is 147 cm³/mol. The molecular weight excluding hydrogens is 551 g/mol. The number of nitrogens with zero attached hydrogens (tertiary/aromatic N) is 1. The number of halogens is 3. The van der Waals surface area contributed by atoms with Crippen LogP contribution in [0.25, 0.3) is 22.0 Å². The normalized spacial score (nSPS) is 21.6. The zero-order valence-corrected chi connectivity index (χ0v) is 22.4. The second-order valence-electron chi connectivity index (χ2n) is 10.9. The van der Waals surface area contributed by atoms with Crippen LogP contribution in [0.1, 0.15) is 47.2 Å². The highest BCUT2D eigenvalue weighted by atomic mass is 32.2. The van der Waals surface area contributed by atoms with Crippen molar-refractivity contribution in [2.75, 3.05) is 0 Å². The Labute approximate surface area is 237 Å². The number of benzene rings is 3. The number of fused-ring (bicyclic) bond motifs is 1. The number of aromatic amines is 1. The Kier molecular flexibility index (Phi) is 6.57. The van der Waals surface area contributed by atoms with Crippen molar-refractivity contribution in [3.63, 3.8) is 0 Å². The van der Waals surface area contributed by atoms with Crippen LogP contribution in [-0.4, -0.2) is 28.0 Å². The second kappa shape index (κ2) is 10.00. The van der Waals surface area contributed by atoms with Crippen LogP contribution in [-0.2, 0) is 11.0 Å². The van der Waals surface area contributed by atoms with Gasteiger partial charge in [-0.2, -0.15) is 18.4 Å². The molecule has 6 nitrogen and oxygen atoms in total. The Morgan fingerprint density at radius 1 is 1.05 bits per heavy atom. The van der Waals surface area contributed by atoms with Crippen LogP contribution in [0.5, 0.6) is 0 Å². The first kappa shape index (κ1) is 27.0. The molecule has 3 N–H and O–H groups in total. The van der Waals surface area contributed by atoms with Gasteiger partial charge in [-0.1, -0.05) is 30.0 Å². The average Bonchev–Trinajstić information content (AvgIpc) is 3.31. The first-order valence-corrected chi connectivity index (χ1v) is 13.9. The number of hydrogen-bond acceptors (Lipinski definition) is 4. The third-order valence-corrected chi connectivity index (χ3v) is 9.21. The molecule has 0 atom stereocenters. The Hall–Kier alpha value is -4.23. The lowest BCUT2D eigenvalue weighted by atomic mass is 9.50. The van der Waals surface area contributed by atoms with Crippen molar-refractivity contribution >= 4 is 34.5 Å². The lowest BCUT2D eigenvalue weighted by Gasteiger charge is -2.56. The molecule has 4 aromatic rings. The molecule has 2 saturated carbocycles. The van der Waals surface area contributed by atoms with E-state index in [1.54, 1.807) is 30.5 Å². The third kappa shape index (κ3) is 5.06. The second-order valence-corrected chi connectivity index (χ2v) is 12.0. The molecule has 0 radical (unpaired) electrons. The van der Waals surface area contributed by atoms with Crippen LogP contribution < -0.4 is 5.32 Å². The molecular formula is C31H24F3N3O3S. The monoisotopic (exact) mass is 575 g/mol.